The summed E-state index contributed by atoms with van der Waals surface area (Å²) in [4.78, 5) is 49.6. The standard InChI is InChI=1S/C34H47N3O4S/c1-5-18-35(19-6-2)31(39)28-27-21-23(4)34(42-27)29(28)32(40)37(26(22-38)24-14-10-8-11-15-24)30(34)33(41)36(20-7-3)25-16-12-9-13-17-25/h5,7-8,10-11,14-15,23,25-30,38H,1,3,6,9,12-13,16-22H2,2,4H3/t23?,26-,27-,28+,29+,30?,34?/m1/s1. The van der Waals surface area contributed by atoms with Gasteiger partial charge in [-0.3, -0.25) is 14.4 Å². The average molecular weight is 594 g/mol. The Kier molecular flexibility index (Phi) is 9.53. The summed E-state index contributed by atoms with van der Waals surface area (Å²) in [5, 5.41) is 10.8. The van der Waals surface area contributed by atoms with E-state index >= 15 is 4.79 Å². The van der Waals surface area contributed by atoms with Gasteiger partial charge in [0.05, 0.1) is 29.2 Å². The van der Waals surface area contributed by atoms with Gasteiger partial charge in [0.25, 0.3) is 0 Å². The number of hydrogen-bond donors (Lipinski definition) is 1. The molecule has 4 fully saturated rings. The third-order valence-corrected chi connectivity index (χ3v) is 12.3. The number of carbonyl (C=O) groups excluding carboxylic acids is 3. The van der Waals surface area contributed by atoms with E-state index in [4.69, 9.17) is 0 Å². The third-order valence-electron chi connectivity index (χ3n) is 10.2. The zero-order chi connectivity index (χ0) is 30.0. The van der Waals surface area contributed by atoms with Crippen LogP contribution in [0.1, 0.15) is 70.4 Å². The Morgan fingerprint density at radius 2 is 1.81 bits per heavy atom. The number of aliphatic hydroxyl groups excluding tert-OH is 1. The molecule has 1 aromatic rings. The fraction of sp³-hybridized carbons (Fsp3) is 0.618. The molecule has 1 aromatic carbocycles. The van der Waals surface area contributed by atoms with Gasteiger partial charge in [-0.05, 0) is 37.2 Å². The number of thioether (sulfide) groups is 1. The lowest BCUT2D eigenvalue weighted by Gasteiger charge is -2.44. The van der Waals surface area contributed by atoms with Crippen molar-refractivity contribution in [2.45, 2.75) is 86.9 Å². The Morgan fingerprint density at radius 3 is 2.43 bits per heavy atom. The lowest BCUT2D eigenvalue weighted by Crippen LogP contribution is -2.59. The zero-order valence-corrected chi connectivity index (χ0v) is 26.0. The lowest BCUT2D eigenvalue weighted by molar-refractivity contribution is -0.148. The van der Waals surface area contributed by atoms with Crippen LogP contribution in [-0.2, 0) is 14.4 Å². The number of carbonyl (C=O) groups is 3. The van der Waals surface area contributed by atoms with Crippen LogP contribution in [0, 0.1) is 17.8 Å². The Labute approximate surface area is 255 Å². The van der Waals surface area contributed by atoms with E-state index in [2.05, 4.69) is 20.1 Å². The summed E-state index contributed by atoms with van der Waals surface area (Å²) in [6.45, 7) is 13.2. The second-order valence-corrected chi connectivity index (χ2v) is 14.1. The van der Waals surface area contributed by atoms with Crippen LogP contribution in [0.25, 0.3) is 0 Å². The highest BCUT2D eigenvalue weighted by Gasteiger charge is 2.77. The molecule has 5 rings (SSSR count). The van der Waals surface area contributed by atoms with E-state index in [0.717, 1.165) is 44.1 Å². The van der Waals surface area contributed by atoms with Crippen LogP contribution in [0.4, 0.5) is 0 Å². The first-order chi connectivity index (χ1) is 20.3. The van der Waals surface area contributed by atoms with E-state index in [1.54, 1.807) is 28.8 Å². The second kappa shape index (κ2) is 13.0. The van der Waals surface area contributed by atoms with E-state index < -0.39 is 28.7 Å². The van der Waals surface area contributed by atoms with E-state index in [0.29, 0.717) is 19.6 Å². The van der Waals surface area contributed by atoms with Gasteiger partial charge in [-0.1, -0.05) is 75.6 Å². The van der Waals surface area contributed by atoms with Gasteiger partial charge in [-0.25, -0.2) is 0 Å². The molecule has 7 nitrogen and oxygen atoms in total. The maximum absolute atomic E-state index is 15.0. The van der Waals surface area contributed by atoms with E-state index in [-0.39, 0.29) is 41.5 Å². The molecule has 3 amide bonds. The molecule has 1 saturated carbocycles. The van der Waals surface area contributed by atoms with Crippen LogP contribution >= 0.6 is 11.8 Å². The zero-order valence-electron chi connectivity index (χ0n) is 25.2. The minimum Gasteiger partial charge on any atom is -0.394 e. The number of benzene rings is 1. The first kappa shape index (κ1) is 30.9. The average Bonchev–Trinajstić information content (AvgIpc) is 3.60. The summed E-state index contributed by atoms with van der Waals surface area (Å²) >= 11 is 1.71. The molecule has 1 N–H and O–H groups in total. The topological polar surface area (TPSA) is 81.2 Å². The molecule has 228 valence electrons. The summed E-state index contributed by atoms with van der Waals surface area (Å²) in [6, 6.07) is 8.18. The van der Waals surface area contributed by atoms with Crippen molar-refractivity contribution in [2.24, 2.45) is 17.8 Å². The largest absolute Gasteiger partial charge is 0.394 e. The smallest absolute Gasteiger partial charge is 0.247 e. The summed E-state index contributed by atoms with van der Waals surface area (Å²) in [5.74, 6) is -1.29. The normalized spacial score (nSPS) is 31.1. The molecule has 3 aliphatic heterocycles. The number of hydrogen-bond acceptors (Lipinski definition) is 5. The molecule has 2 bridgehead atoms. The molecule has 0 radical (unpaired) electrons. The highest BCUT2D eigenvalue weighted by molar-refractivity contribution is 8.02. The summed E-state index contributed by atoms with van der Waals surface area (Å²) in [5.41, 5.74) is 0.796. The molecule has 4 aliphatic rings. The number of aliphatic hydroxyl groups is 1. The Bertz CT molecular complexity index is 1170. The minimum absolute atomic E-state index is 0.00934. The fourth-order valence-corrected chi connectivity index (χ4v) is 10.8. The number of fused-ring (bicyclic) bond motifs is 1. The van der Waals surface area contributed by atoms with Gasteiger partial charge in [0.2, 0.25) is 17.7 Å². The maximum Gasteiger partial charge on any atom is 0.247 e. The highest BCUT2D eigenvalue weighted by Crippen LogP contribution is 2.69. The molecule has 1 spiro atoms. The van der Waals surface area contributed by atoms with Crippen molar-refractivity contribution in [3.63, 3.8) is 0 Å². The van der Waals surface area contributed by atoms with Gasteiger partial charge in [0.1, 0.15) is 6.04 Å². The maximum atomic E-state index is 15.0. The van der Waals surface area contributed by atoms with Gasteiger partial charge >= 0.3 is 0 Å². The van der Waals surface area contributed by atoms with Crippen LogP contribution in [0.15, 0.2) is 55.6 Å². The predicted molar refractivity (Wildman–Crippen MR) is 168 cm³/mol. The van der Waals surface area contributed by atoms with Crippen molar-refractivity contribution in [1.29, 1.82) is 0 Å². The van der Waals surface area contributed by atoms with E-state index in [1.807, 2.05) is 47.1 Å². The van der Waals surface area contributed by atoms with Crippen molar-refractivity contribution >= 4 is 29.5 Å². The predicted octanol–water partition coefficient (Wildman–Crippen LogP) is 4.83. The molecule has 8 heteroatoms. The first-order valence-electron chi connectivity index (χ1n) is 15.8. The summed E-state index contributed by atoms with van der Waals surface area (Å²) in [7, 11) is 0. The Balaban J connectivity index is 1.63. The van der Waals surface area contributed by atoms with Crippen molar-refractivity contribution in [3.8, 4) is 0 Å². The molecular formula is C34H47N3O4S. The molecule has 3 unspecified atom stereocenters. The van der Waals surface area contributed by atoms with Gasteiger partial charge in [0, 0.05) is 30.9 Å². The summed E-state index contributed by atoms with van der Waals surface area (Å²) < 4.78 is -0.735. The van der Waals surface area contributed by atoms with Crippen molar-refractivity contribution in [3.05, 3.63) is 61.2 Å². The Hall–Kier alpha value is -2.58. The third kappa shape index (κ3) is 5.02. The summed E-state index contributed by atoms with van der Waals surface area (Å²) in [6.07, 6.45) is 10.4. The molecule has 0 aromatic heterocycles. The quantitative estimate of drug-likeness (QED) is 0.351. The second-order valence-electron chi connectivity index (χ2n) is 12.6. The van der Waals surface area contributed by atoms with Crippen LogP contribution in [-0.4, -0.2) is 85.8 Å². The molecule has 7 atom stereocenters. The van der Waals surface area contributed by atoms with Gasteiger partial charge in [-0.15, -0.1) is 24.9 Å². The number of likely N-dealkylation sites (tertiary alicyclic amines) is 1. The van der Waals surface area contributed by atoms with E-state index in [1.165, 1.54) is 6.42 Å². The fourth-order valence-electron chi connectivity index (χ4n) is 8.42. The van der Waals surface area contributed by atoms with Gasteiger partial charge in [0.15, 0.2) is 0 Å². The van der Waals surface area contributed by atoms with Crippen molar-refractivity contribution in [2.75, 3.05) is 26.2 Å². The molecule has 42 heavy (non-hydrogen) atoms. The van der Waals surface area contributed by atoms with Crippen molar-refractivity contribution < 1.29 is 19.5 Å². The monoisotopic (exact) mass is 593 g/mol. The number of amides is 3. The highest BCUT2D eigenvalue weighted by atomic mass is 32.2. The minimum atomic E-state index is -0.768. The number of nitrogens with zero attached hydrogens (tertiary/aromatic N) is 3. The molecule has 1 aliphatic carbocycles. The van der Waals surface area contributed by atoms with Crippen LogP contribution in [0.5, 0.6) is 0 Å². The van der Waals surface area contributed by atoms with E-state index in [9.17, 15) is 14.7 Å². The van der Waals surface area contributed by atoms with Crippen LogP contribution in [0.3, 0.4) is 0 Å². The molecule has 3 saturated heterocycles. The van der Waals surface area contributed by atoms with Crippen LogP contribution in [0.2, 0.25) is 0 Å². The molecular weight excluding hydrogens is 546 g/mol. The first-order valence-corrected chi connectivity index (χ1v) is 16.7. The SMILES string of the molecule is C=CCN(CCC)C(=O)[C@@H]1[C@H]2C(=O)N([C@H](CO)c3ccccc3)C(C(=O)N(CC=C)C3CCCCC3)C23S[C@@H]1CC3C. The number of rotatable bonds is 12. The van der Waals surface area contributed by atoms with Gasteiger partial charge < -0.3 is 19.8 Å². The van der Waals surface area contributed by atoms with Gasteiger partial charge in [-0.2, -0.15) is 0 Å². The lowest BCUT2D eigenvalue weighted by atomic mass is 9.65. The van der Waals surface area contributed by atoms with Crippen molar-refractivity contribution in [1.82, 2.24) is 14.7 Å². The Morgan fingerprint density at radius 1 is 1.12 bits per heavy atom. The molecule has 3 heterocycles. The van der Waals surface area contributed by atoms with Crippen LogP contribution < -0.4 is 0 Å².